The molecule has 0 unspecified atom stereocenters. The van der Waals surface area contributed by atoms with Gasteiger partial charge in [-0.05, 0) is 24.0 Å². The summed E-state index contributed by atoms with van der Waals surface area (Å²) in [4.78, 5) is 24.3. The van der Waals surface area contributed by atoms with Crippen molar-refractivity contribution >= 4 is 35.2 Å². The van der Waals surface area contributed by atoms with E-state index in [9.17, 15) is 14.9 Å². The SMILES string of the molecule is COC(=O)[C@H]1C(=O)NC(SC)=C(C#N)[C@@H]1c1ccc(Cl)cc1. The third-order valence-electron chi connectivity index (χ3n) is 3.42. The average molecular weight is 337 g/mol. The normalized spacial score (nSPS) is 21.1. The van der Waals surface area contributed by atoms with Crippen LogP contribution in [0.1, 0.15) is 11.5 Å². The van der Waals surface area contributed by atoms with E-state index in [0.717, 1.165) is 0 Å². The molecule has 1 aliphatic rings. The highest BCUT2D eigenvalue weighted by Crippen LogP contribution is 2.39. The summed E-state index contributed by atoms with van der Waals surface area (Å²) in [5.74, 6) is -2.94. The molecule has 0 fully saturated rings. The predicted molar refractivity (Wildman–Crippen MR) is 84.0 cm³/mol. The molecule has 2 atom stereocenters. The number of hydrogen-bond donors (Lipinski definition) is 1. The van der Waals surface area contributed by atoms with Gasteiger partial charge in [-0.2, -0.15) is 5.26 Å². The average Bonchev–Trinajstić information content (AvgIpc) is 2.53. The second kappa shape index (κ2) is 6.86. The van der Waals surface area contributed by atoms with E-state index in [1.54, 1.807) is 30.5 Å². The Morgan fingerprint density at radius 3 is 2.55 bits per heavy atom. The molecule has 0 aromatic heterocycles. The standard InChI is InChI=1S/C15H13ClN2O3S/c1-21-15(20)12-11(8-3-5-9(16)6-4-8)10(7-17)14(22-2)18-13(12)19/h3-6,11-12H,1-2H3,(H,18,19)/t11-,12+/m0/s1. The van der Waals surface area contributed by atoms with E-state index in [-0.39, 0.29) is 0 Å². The number of allylic oxidation sites excluding steroid dienone is 1. The van der Waals surface area contributed by atoms with Crippen LogP contribution in [0.3, 0.4) is 0 Å². The van der Waals surface area contributed by atoms with Gasteiger partial charge in [0.25, 0.3) is 0 Å². The number of ether oxygens (including phenoxy) is 1. The van der Waals surface area contributed by atoms with Crippen LogP contribution in [0.15, 0.2) is 34.9 Å². The zero-order valence-corrected chi connectivity index (χ0v) is 13.5. The Hall–Kier alpha value is -1.97. The fourth-order valence-electron chi connectivity index (χ4n) is 2.40. The van der Waals surface area contributed by atoms with Gasteiger partial charge in [-0.25, -0.2) is 0 Å². The lowest BCUT2D eigenvalue weighted by Crippen LogP contribution is -2.44. The summed E-state index contributed by atoms with van der Waals surface area (Å²) in [6, 6.07) is 8.83. The number of hydrogen-bond acceptors (Lipinski definition) is 5. The van der Waals surface area contributed by atoms with Gasteiger partial charge < -0.3 is 10.1 Å². The number of nitrogens with one attached hydrogen (secondary N) is 1. The monoisotopic (exact) mass is 336 g/mol. The van der Waals surface area contributed by atoms with Crippen LogP contribution < -0.4 is 5.32 Å². The van der Waals surface area contributed by atoms with Crippen LogP contribution in [0, 0.1) is 17.2 Å². The number of carbonyl (C=O) groups is 2. The first kappa shape index (κ1) is 16.4. The van der Waals surface area contributed by atoms with Gasteiger partial charge in [0.05, 0.1) is 23.8 Å². The number of nitrogens with zero attached hydrogens (tertiary/aromatic N) is 1. The maximum atomic E-state index is 12.3. The van der Waals surface area contributed by atoms with E-state index >= 15 is 0 Å². The lowest BCUT2D eigenvalue weighted by molar-refractivity contribution is -0.150. The van der Waals surface area contributed by atoms with Gasteiger partial charge in [-0.3, -0.25) is 9.59 Å². The van der Waals surface area contributed by atoms with Crippen molar-refractivity contribution in [1.82, 2.24) is 5.32 Å². The molecule has 22 heavy (non-hydrogen) atoms. The molecule has 0 spiro atoms. The van der Waals surface area contributed by atoms with Gasteiger partial charge in [0.1, 0.15) is 5.92 Å². The van der Waals surface area contributed by atoms with Crippen molar-refractivity contribution in [3.63, 3.8) is 0 Å². The van der Waals surface area contributed by atoms with Crippen LogP contribution in [-0.4, -0.2) is 25.2 Å². The molecule has 0 bridgehead atoms. The molecule has 1 aromatic rings. The Morgan fingerprint density at radius 1 is 1.41 bits per heavy atom. The molecule has 0 saturated heterocycles. The lowest BCUT2D eigenvalue weighted by atomic mass is 9.78. The molecule has 5 nitrogen and oxygen atoms in total. The molecule has 1 amide bonds. The summed E-state index contributed by atoms with van der Waals surface area (Å²) in [7, 11) is 1.22. The highest BCUT2D eigenvalue weighted by Gasteiger charge is 2.44. The van der Waals surface area contributed by atoms with Gasteiger partial charge in [-0.15, -0.1) is 11.8 Å². The lowest BCUT2D eigenvalue weighted by Gasteiger charge is -2.30. The highest BCUT2D eigenvalue weighted by molar-refractivity contribution is 8.02. The number of benzene rings is 1. The van der Waals surface area contributed by atoms with Crippen LogP contribution in [0.25, 0.3) is 0 Å². The third-order valence-corrected chi connectivity index (χ3v) is 4.40. The minimum absolute atomic E-state index is 0.338. The Bertz CT molecular complexity index is 679. The van der Waals surface area contributed by atoms with Crippen LogP contribution in [0.5, 0.6) is 0 Å². The first-order valence-electron chi connectivity index (χ1n) is 6.35. The summed E-state index contributed by atoms with van der Waals surface area (Å²) in [5.41, 5.74) is 1.00. The quantitative estimate of drug-likeness (QED) is 0.677. The van der Waals surface area contributed by atoms with E-state index in [1.165, 1.54) is 18.9 Å². The summed E-state index contributed by atoms with van der Waals surface area (Å²) in [6.45, 7) is 0. The van der Waals surface area contributed by atoms with E-state index in [4.69, 9.17) is 16.3 Å². The molecule has 2 rings (SSSR count). The van der Waals surface area contributed by atoms with Gasteiger partial charge in [-0.1, -0.05) is 23.7 Å². The van der Waals surface area contributed by atoms with Crippen molar-refractivity contribution < 1.29 is 14.3 Å². The Kier molecular flexibility index (Phi) is 5.11. The number of esters is 1. The highest BCUT2D eigenvalue weighted by atomic mass is 35.5. The number of carbonyl (C=O) groups excluding carboxylic acids is 2. The summed E-state index contributed by atoms with van der Waals surface area (Å²) >= 11 is 7.13. The minimum atomic E-state index is -1.10. The second-order valence-corrected chi connectivity index (χ2v) is 5.83. The van der Waals surface area contributed by atoms with Crippen molar-refractivity contribution in [2.24, 2.45) is 5.92 Å². The first-order valence-corrected chi connectivity index (χ1v) is 7.96. The van der Waals surface area contributed by atoms with Gasteiger partial charge in [0, 0.05) is 10.9 Å². The number of rotatable bonds is 3. The summed E-state index contributed by atoms with van der Waals surface area (Å²) < 4.78 is 4.73. The molecule has 7 heteroatoms. The second-order valence-electron chi connectivity index (χ2n) is 4.58. The van der Waals surface area contributed by atoms with Crippen LogP contribution >= 0.6 is 23.4 Å². The maximum absolute atomic E-state index is 12.3. The number of halogens is 1. The molecule has 114 valence electrons. The fourth-order valence-corrected chi connectivity index (χ4v) is 3.12. The van der Waals surface area contributed by atoms with Gasteiger partial charge in [0.15, 0.2) is 0 Å². The van der Waals surface area contributed by atoms with Crippen molar-refractivity contribution in [1.29, 1.82) is 5.26 Å². The number of nitriles is 1. The van der Waals surface area contributed by atoms with Crippen molar-refractivity contribution in [2.75, 3.05) is 13.4 Å². The van der Waals surface area contributed by atoms with E-state index in [2.05, 4.69) is 11.4 Å². The molecule has 0 aliphatic carbocycles. The fraction of sp³-hybridized carbons (Fsp3) is 0.267. The predicted octanol–water partition coefficient (Wildman–Crippen LogP) is 2.44. The van der Waals surface area contributed by atoms with E-state index in [0.29, 0.717) is 21.2 Å². The first-order chi connectivity index (χ1) is 10.5. The van der Waals surface area contributed by atoms with Crippen LogP contribution in [-0.2, 0) is 14.3 Å². The van der Waals surface area contributed by atoms with Crippen molar-refractivity contribution in [3.05, 3.63) is 45.5 Å². The molecule has 1 aromatic carbocycles. The number of amides is 1. The van der Waals surface area contributed by atoms with Crippen molar-refractivity contribution in [2.45, 2.75) is 5.92 Å². The smallest absolute Gasteiger partial charge is 0.319 e. The molecular weight excluding hydrogens is 324 g/mol. The molecular formula is C15H13ClN2O3S. The third kappa shape index (κ3) is 2.96. The largest absolute Gasteiger partial charge is 0.468 e. The molecule has 1 aliphatic heterocycles. The van der Waals surface area contributed by atoms with E-state index < -0.39 is 23.7 Å². The Labute approximate surface area is 137 Å². The van der Waals surface area contributed by atoms with Crippen LogP contribution in [0.4, 0.5) is 0 Å². The van der Waals surface area contributed by atoms with E-state index in [1.807, 2.05) is 0 Å². The zero-order valence-electron chi connectivity index (χ0n) is 11.9. The van der Waals surface area contributed by atoms with Crippen molar-refractivity contribution in [3.8, 4) is 6.07 Å². The number of methoxy groups -OCH3 is 1. The zero-order chi connectivity index (χ0) is 16.3. The Morgan fingerprint density at radius 2 is 2.05 bits per heavy atom. The molecule has 1 N–H and O–H groups in total. The maximum Gasteiger partial charge on any atom is 0.319 e. The number of thioether (sulfide) groups is 1. The topological polar surface area (TPSA) is 79.2 Å². The molecule has 0 saturated carbocycles. The summed E-state index contributed by atoms with van der Waals surface area (Å²) in [5, 5.41) is 13.1. The summed E-state index contributed by atoms with van der Waals surface area (Å²) in [6.07, 6.45) is 1.75. The van der Waals surface area contributed by atoms with Crippen LogP contribution in [0.2, 0.25) is 5.02 Å². The minimum Gasteiger partial charge on any atom is -0.468 e. The molecule has 0 radical (unpaired) electrons. The van der Waals surface area contributed by atoms with Gasteiger partial charge in [0.2, 0.25) is 5.91 Å². The molecule has 1 heterocycles. The van der Waals surface area contributed by atoms with Gasteiger partial charge >= 0.3 is 5.97 Å². The Balaban J connectivity index is 2.62.